The van der Waals surface area contributed by atoms with Gasteiger partial charge < -0.3 is 0 Å². The van der Waals surface area contributed by atoms with Gasteiger partial charge in [-0.25, -0.2) is 8.42 Å². The molecule has 0 aromatic heterocycles. The number of benzene rings is 2. The summed E-state index contributed by atoms with van der Waals surface area (Å²) in [5.41, 5.74) is 1.06. The standard InChI is InChI=1S/C14H11BrN2O4S/c15-11-2-1-3-13(8-11)22(20,21)16-7-6-10-4-5-12(17(18)19)9-14(10)16/h1-5,8-9H,6-7H2. The van der Waals surface area contributed by atoms with E-state index in [1.165, 1.54) is 28.6 Å². The van der Waals surface area contributed by atoms with Crippen molar-refractivity contribution in [1.29, 1.82) is 0 Å². The largest absolute Gasteiger partial charge is 0.271 e. The molecule has 2 aromatic rings. The van der Waals surface area contributed by atoms with E-state index >= 15 is 0 Å². The average Bonchev–Trinajstić information content (AvgIpc) is 2.90. The molecule has 2 aromatic carbocycles. The van der Waals surface area contributed by atoms with E-state index in [4.69, 9.17) is 0 Å². The molecule has 1 aliphatic heterocycles. The molecule has 0 radical (unpaired) electrons. The van der Waals surface area contributed by atoms with Crippen LogP contribution in [0.3, 0.4) is 0 Å². The van der Waals surface area contributed by atoms with Crippen molar-refractivity contribution in [2.45, 2.75) is 11.3 Å². The van der Waals surface area contributed by atoms with E-state index in [0.717, 1.165) is 5.56 Å². The second kappa shape index (κ2) is 5.36. The monoisotopic (exact) mass is 382 g/mol. The number of fused-ring (bicyclic) bond motifs is 1. The maximum atomic E-state index is 12.8. The number of non-ortho nitro benzene ring substituents is 1. The Bertz CT molecular complexity index is 867. The quantitative estimate of drug-likeness (QED) is 0.603. The summed E-state index contributed by atoms with van der Waals surface area (Å²) in [6.07, 6.45) is 0.542. The van der Waals surface area contributed by atoms with Gasteiger partial charge in [-0.2, -0.15) is 0 Å². The van der Waals surface area contributed by atoms with Gasteiger partial charge in [-0.05, 0) is 30.2 Å². The van der Waals surface area contributed by atoms with Crippen LogP contribution in [0.1, 0.15) is 5.56 Å². The molecule has 0 spiro atoms. The van der Waals surface area contributed by atoms with Gasteiger partial charge in [0.05, 0.1) is 15.5 Å². The van der Waals surface area contributed by atoms with Gasteiger partial charge in [-0.1, -0.05) is 28.1 Å². The molecule has 1 aliphatic rings. The minimum absolute atomic E-state index is 0.116. The average molecular weight is 383 g/mol. The first-order valence-corrected chi connectivity index (χ1v) is 8.68. The summed E-state index contributed by atoms with van der Waals surface area (Å²) in [7, 11) is -3.74. The first-order valence-electron chi connectivity index (χ1n) is 6.45. The summed E-state index contributed by atoms with van der Waals surface area (Å²) in [5, 5.41) is 10.9. The fraction of sp³-hybridized carbons (Fsp3) is 0.143. The normalized spacial score (nSPS) is 14.0. The SMILES string of the molecule is O=[N+]([O-])c1ccc2c(c1)N(S(=O)(=O)c1cccc(Br)c1)CC2. The van der Waals surface area contributed by atoms with Crippen molar-refractivity contribution in [3.8, 4) is 0 Å². The second-order valence-corrected chi connectivity index (χ2v) is 7.63. The highest BCUT2D eigenvalue weighted by Crippen LogP contribution is 2.35. The smallest absolute Gasteiger partial charge is 0.265 e. The first-order chi connectivity index (χ1) is 10.4. The Kier molecular flexibility index (Phi) is 3.65. The zero-order valence-corrected chi connectivity index (χ0v) is 13.7. The number of rotatable bonds is 3. The number of halogens is 1. The van der Waals surface area contributed by atoms with E-state index in [9.17, 15) is 18.5 Å². The molecule has 22 heavy (non-hydrogen) atoms. The van der Waals surface area contributed by atoms with Crippen LogP contribution in [0.4, 0.5) is 11.4 Å². The van der Waals surface area contributed by atoms with Gasteiger partial charge in [0.2, 0.25) is 0 Å². The van der Waals surface area contributed by atoms with E-state index in [1.54, 1.807) is 18.2 Å². The van der Waals surface area contributed by atoms with Crippen molar-refractivity contribution in [3.05, 3.63) is 62.6 Å². The lowest BCUT2D eigenvalue weighted by molar-refractivity contribution is -0.384. The minimum atomic E-state index is -3.74. The third-order valence-electron chi connectivity index (χ3n) is 3.52. The van der Waals surface area contributed by atoms with Crippen molar-refractivity contribution in [3.63, 3.8) is 0 Å². The summed E-state index contributed by atoms with van der Waals surface area (Å²) in [6, 6.07) is 10.7. The molecule has 0 fully saturated rings. The number of nitrogens with zero attached hydrogens (tertiary/aromatic N) is 2. The van der Waals surface area contributed by atoms with Crippen molar-refractivity contribution >= 4 is 37.3 Å². The van der Waals surface area contributed by atoms with Crippen molar-refractivity contribution in [1.82, 2.24) is 0 Å². The molecule has 0 N–H and O–H groups in total. The van der Waals surface area contributed by atoms with Gasteiger partial charge in [-0.15, -0.1) is 0 Å². The number of sulfonamides is 1. The lowest BCUT2D eigenvalue weighted by Gasteiger charge is -2.19. The molecule has 3 rings (SSSR count). The molecule has 6 nitrogen and oxygen atoms in total. The van der Waals surface area contributed by atoms with Gasteiger partial charge in [0.1, 0.15) is 0 Å². The zero-order valence-electron chi connectivity index (χ0n) is 11.3. The molecule has 0 saturated heterocycles. The van der Waals surface area contributed by atoms with Crippen LogP contribution in [0.15, 0.2) is 51.8 Å². The van der Waals surface area contributed by atoms with E-state index in [1.807, 2.05) is 0 Å². The number of hydrogen-bond donors (Lipinski definition) is 0. The van der Waals surface area contributed by atoms with E-state index in [-0.39, 0.29) is 17.1 Å². The lowest BCUT2D eigenvalue weighted by Crippen LogP contribution is -2.29. The van der Waals surface area contributed by atoms with Crippen LogP contribution in [0.2, 0.25) is 0 Å². The van der Waals surface area contributed by atoms with Crippen molar-refractivity contribution in [2.75, 3.05) is 10.8 Å². The fourth-order valence-electron chi connectivity index (χ4n) is 2.46. The summed E-state index contributed by atoms with van der Waals surface area (Å²) >= 11 is 3.25. The van der Waals surface area contributed by atoms with Gasteiger partial charge in [-0.3, -0.25) is 14.4 Å². The molecule has 1 heterocycles. The van der Waals surface area contributed by atoms with Crippen LogP contribution in [0, 0.1) is 10.1 Å². The third kappa shape index (κ3) is 2.48. The number of hydrogen-bond acceptors (Lipinski definition) is 4. The Hall–Kier alpha value is -1.93. The van der Waals surface area contributed by atoms with Crippen LogP contribution < -0.4 is 4.31 Å². The van der Waals surface area contributed by atoms with Gasteiger partial charge in [0.15, 0.2) is 0 Å². The Morgan fingerprint density at radius 3 is 2.64 bits per heavy atom. The maximum absolute atomic E-state index is 12.8. The highest BCUT2D eigenvalue weighted by Gasteiger charge is 2.32. The van der Waals surface area contributed by atoms with E-state index in [0.29, 0.717) is 16.6 Å². The molecule has 0 unspecified atom stereocenters. The summed E-state index contributed by atoms with van der Waals surface area (Å²) in [4.78, 5) is 10.5. The molecule has 8 heteroatoms. The van der Waals surface area contributed by atoms with E-state index < -0.39 is 14.9 Å². The molecule has 114 valence electrons. The summed E-state index contributed by atoms with van der Waals surface area (Å²) in [6.45, 7) is 0.283. The van der Waals surface area contributed by atoms with E-state index in [2.05, 4.69) is 15.9 Å². The predicted molar refractivity (Wildman–Crippen MR) is 85.5 cm³/mol. The molecule has 0 saturated carbocycles. The summed E-state index contributed by atoms with van der Waals surface area (Å²) < 4.78 is 27.4. The molecule has 0 atom stereocenters. The third-order valence-corrected chi connectivity index (χ3v) is 5.82. The number of nitro benzene ring substituents is 1. The predicted octanol–water partition coefficient (Wildman–Crippen LogP) is 3.11. The zero-order chi connectivity index (χ0) is 15.9. The highest BCUT2D eigenvalue weighted by molar-refractivity contribution is 9.10. The van der Waals surface area contributed by atoms with Crippen LogP contribution in [0.25, 0.3) is 0 Å². The molecule has 0 aliphatic carbocycles. The number of anilines is 1. The van der Waals surface area contributed by atoms with Gasteiger partial charge >= 0.3 is 0 Å². The van der Waals surface area contributed by atoms with Crippen LogP contribution in [-0.2, 0) is 16.4 Å². The lowest BCUT2D eigenvalue weighted by atomic mass is 10.1. The Morgan fingerprint density at radius 2 is 1.95 bits per heavy atom. The van der Waals surface area contributed by atoms with Crippen LogP contribution >= 0.6 is 15.9 Å². The highest BCUT2D eigenvalue weighted by atomic mass is 79.9. The van der Waals surface area contributed by atoms with Crippen LogP contribution in [-0.4, -0.2) is 19.9 Å². The van der Waals surface area contributed by atoms with Crippen LogP contribution in [0.5, 0.6) is 0 Å². The first kappa shape index (κ1) is 15.0. The Morgan fingerprint density at radius 1 is 1.18 bits per heavy atom. The fourth-order valence-corrected chi connectivity index (χ4v) is 4.55. The molecule has 0 bridgehead atoms. The molecular formula is C14H11BrN2O4S. The number of nitro groups is 1. The molecule has 0 amide bonds. The second-order valence-electron chi connectivity index (χ2n) is 4.85. The van der Waals surface area contributed by atoms with Crippen molar-refractivity contribution < 1.29 is 13.3 Å². The Labute approximate surface area is 135 Å². The maximum Gasteiger partial charge on any atom is 0.271 e. The Balaban J connectivity index is 2.09. The topological polar surface area (TPSA) is 80.5 Å². The van der Waals surface area contributed by atoms with Gasteiger partial charge in [0, 0.05) is 23.2 Å². The van der Waals surface area contributed by atoms with Crippen molar-refractivity contribution in [2.24, 2.45) is 0 Å². The van der Waals surface area contributed by atoms with Gasteiger partial charge in [0.25, 0.3) is 15.7 Å². The minimum Gasteiger partial charge on any atom is -0.265 e. The summed E-state index contributed by atoms with van der Waals surface area (Å²) in [5.74, 6) is 0. The molecular weight excluding hydrogens is 372 g/mol.